The van der Waals surface area contributed by atoms with Gasteiger partial charge >= 0.3 is 5.97 Å². The van der Waals surface area contributed by atoms with E-state index in [9.17, 15) is 9.18 Å². The van der Waals surface area contributed by atoms with E-state index < -0.39 is 11.1 Å². The Morgan fingerprint density at radius 1 is 1.82 bits per heavy atom. The van der Waals surface area contributed by atoms with Gasteiger partial charge in [-0.05, 0) is 22.0 Å². The molecule has 0 bridgehead atoms. The Balaban J connectivity index is 2.97. The first kappa shape index (κ1) is 8.67. The van der Waals surface area contributed by atoms with Gasteiger partial charge in [0.05, 0.1) is 11.6 Å². The van der Waals surface area contributed by atoms with Gasteiger partial charge in [-0.3, -0.25) is 0 Å². The van der Waals surface area contributed by atoms with Crippen molar-refractivity contribution in [2.24, 2.45) is 0 Å². The number of hydrogen-bond acceptors (Lipinski definition) is 3. The molecule has 0 radical (unpaired) electrons. The number of halogens is 2. The molecule has 1 aromatic heterocycles. The summed E-state index contributed by atoms with van der Waals surface area (Å²) in [5.41, 5.74) is 0. The summed E-state index contributed by atoms with van der Waals surface area (Å²) in [6, 6.07) is 1.39. The molecule has 0 saturated carbocycles. The number of ether oxygens (including phenoxy) is 1. The SMILES string of the molecule is COC(=O)c1cc(Br)c(F)s1. The molecule has 0 atom stereocenters. The second-order valence-electron chi connectivity index (χ2n) is 1.72. The van der Waals surface area contributed by atoms with Crippen LogP contribution in [0.25, 0.3) is 0 Å². The largest absolute Gasteiger partial charge is 0.465 e. The molecule has 0 aromatic carbocycles. The van der Waals surface area contributed by atoms with Crippen LogP contribution in [0.3, 0.4) is 0 Å². The Kier molecular flexibility index (Phi) is 2.62. The average Bonchev–Trinajstić information content (AvgIpc) is 2.31. The van der Waals surface area contributed by atoms with Crippen LogP contribution < -0.4 is 0 Å². The van der Waals surface area contributed by atoms with Gasteiger partial charge in [-0.1, -0.05) is 11.3 Å². The fraction of sp³-hybridized carbons (Fsp3) is 0.167. The molecule has 0 fully saturated rings. The van der Waals surface area contributed by atoms with Crippen LogP contribution >= 0.6 is 27.3 Å². The summed E-state index contributed by atoms with van der Waals surface area (Å²) in [6.45, 7) is 0. The van der Waals surface area contributed by atoms with Crippen molar-refractivity contribution in [3.8, 4) is 0 Å². The van der Waals surface area contributed by atoms with Crippen LogP contribution in [0.2, 0.25) is 0 Å². The molecule has 0 aliphatic heterocycles. The number of esters is 1. The van der Waals surface area contributed by atoms with Crippen molar-refractivity contribution >= 4 is 33.2 Å². The van der Waals surface area contributed by atoms with Gasteiger partial charge in [-0.15, -0.1) is 0 Å². The molecule has 0 unspecified atom stereocenters. The standard InChI is InChI=1S/C6H4BrFO2S/c1-10-6(9)4-2-3(7)5(8)11-4/h2H,1H3. The lowest BCUT2D eigenvalue weighted by Gasteiger charge is -1.90. The molecular weight excluding hydrogens is 235 g/mol. The zero-order chi connectivity index (χ0) is 8.43. The van der Waals surface area contributed by atoms with Crippen molar-refractivity contribution in [1.82, 2.24) is 0 Å². The molecule has 1 rings (SSSR count). The molecule has 0 spiro atoms. The summed E-state index contributed by atoms with van der Waals surface area (Å²) in [7, 11) is 1.26. The summed E-state index contributed by atoms with van der Waals surface area (Å²) in [4.78, 5) is 11.0. The predicted octanol–water partition coefficient (Wildman–Crippen LogP) is 2.44. The second-order valence-corrected chi connectivity index (χ2v) is 3.58. The molecule has 0 aliphatic carbocycles. The number of hydrogen-bond donors (Lipinski definition) is 0. The number of carbonyl (C=O) groups is 1. The van der Waals surface area contributed by atoms with Gasteiger partial charge in [0.1, 0.15) is 4.88 Å². The number of methoxy groups -OCH3 is 1. The molecule has 60 valence electrons. The van der Waals surface area contributed by atoms with Crippen molar-refractivity contribution in [3.63, 3.8) is 0 Å². The van der Waals surface area contributed by atoms with E-state index in [4.69, 9.17) is 0 Å². The molecule has 5 heteroatoms. The normalized spacial score (nSPS) is 9.73. The van der Waals surface area contributed by atoms with Gasteiger partial charge in [0, 0.05) is 0 Å². The highest BCUT2D eigenvalue weighted by molar-refractivity contribution is 9.10. The molecule has 0 saturated heterocycles. The smallest absolute Gasteiger partial charge is 0.348 e. The summed E-state index contributed by atoms with van der Waals surface area (Å²) in [5, 5.41) is -0.412. The quantitative estimate of drug-likeness (QED) is 0.703. The third-order valence-electron chi connectivity index (χ3n) is 1.03. The highest BCUT2D eigenvalue weighted by Crippen LogP contribution is 2.25. The first-order chi connectivity index (χ1) is 5.15. The first-order valence-corrected chi connectivity index (χ1v) is 4.29. The van der Waals surface area contributed by atoms with Crippen LogP contribution in [0.4, 0.5) is 4.39 Å². The Morgan fingerprint density at radius 2 is 2.45 bits per heavy atom. The fourth-order valence-corrected chi connectivity index (χ4v) is 1.86. The summed E-state index contributed by atoms with van der Waals surface area (Å²) in [6.07, 6.45) is 0. The van der Waals surface area contributed by atoms with Crippen LogP contribution in [0.15, 0.2) is 10.5 Å². The minimum atomic E-state index is -0.514. The van der Waals surface area contributed by atoms with E-state index in [2.05, 4.69) is 20.7 Å². The summed E-state index contributed by atoms with van der Waals surface area (Å²) >= 11 is 3.70. The first-order valence-electron chi connectivity index (χ1n) is 2.68. The highest BCUT2D eigenvalue weighted by Gasteiger charge is 2.12. The Morgan fingerprint density at radius 3 is 2.82 bits per heavy atom. The van der Waals surface area contributed by atoms with Crippen molar-refractivity contribution in [3.05, 3.63) is 20.5 Å². The number of carbonyl (C=O) groups excluding carboxylic acids is 1. The van der Waals surface area contributed by atoms with Crippen LogP contribution in [-0.2, 0) is 4.74 Å². The maximum Gasteiger partial charge on any atom is 0.348 e. The van der Waals surface area contributed by atoms with Gasteiger partial charge in [-0.25, -0.2) is 4.79 Å². The van der Waals surface area contributed by atoms with E-state index in [0.29, 0.717) is 4.47 Å². The monoisotopic (exact) mass is 238 g/mol. The second kappa shape index (κ2) is 3.32. The van der Waals surface area contributed by atoms with E-state index in [1.54, 1.807) is 0 Å². The molecule has 11 heavy (non-hydrogen) atoms. The molecule has 1 aromatic rings. The van der Waals surface area contributed by atoms with E-state index in [-0.39, 0.29) is 4.88 Å². The molecule has 1 heterocycles. The lowest BCUT2D eigenvalue weighted by molar-refractivity contribution is 0.0606. The molecular formula is C6H4BrFO2S. The highest BCUT2D eigenvalue weighted by atomic mass is 79.9. The van der Waals surface area contributed by atoms with E-state index in [0.717, 1.165) is 11.3 Å². The third kappa shape index (κ3) is 1.78. The lowest BCUT2D eigenvalue weighted by Crippen LogP contribution is -1.96. The molecule has 0 amide bonds. The minimum absolute atomic E-state index is 0.261. The fourth-order valence-electron chi connectivity index (χ4n) is 0.548. The Hall–Kier alpha value is -0.420. The van der Waals surface area contributed by atoms with Crippen LogP contribution in [0.5, 0.6) is 0 Å². The zero-order valence-corrected chi connectivity index (χ0v) is 7.96. The van der Waals surface area contributed by atoms with Crippen LogP contribution in [0, 0.1) is 5.13 Å². The maximum absolute atomic E-state index is 12.6. The topological polar surface area (TPSA) is 26.3 Å². The number of rotatable bonds is 1. The van der Waals surface area contributed by atoms with Crippen molar-refractivity contribution in [2.45, 2.75) is 0 Å². The predicted molar refractivity (Wildman–Crippen MR) is 43.3 cm³/mol. The zero-order valence-electron chi connectivity index (χ0n) is 5.56. The van der Waals surface area contributed by atoms with Gasteiger partial charge in [0.25, 0.3) is 0 Å². The van der Waals surface area contributed by atoms with Crippen molar-refractivity contribution in [2.75, 3.05) is 7.11 Å². The molecule has 0 N–H and O–H groups in total. The van der Waals surface area contributed by atoms with Gasteiger partial charge in [0.15, 0.2) is 5.13 Å². The van der Waals surface area contributed by atoms with Gasteiger partial charge in [0.2, 0.25) is 0 Å². The van der Waals surface area contributed by atoms with Gasteiger partial charge in [-0.2, -0.15) is 4.39 Å². The minimum Gasteiger partial charge on any atom is -0.465 e. The van der Waals surface area contributed by atoms with E-state index >= 15 is 0 Å². The Bertz CT molecular complexity index is 265. The maximum atomic E-state index is 12.6. The lowest BCUT2D eigenvalue weighted by atomic mass is 10.5. The Labute approximate surface area is 75.1 Å². The van der Waals surface area contributed by atoms with E-state index in [1.807, 2.05) is 0 Å². The average molecular weight is 239 g/mol. The summed E-state index contributed by atoms with van der Waals surface area (Å²) < 4.78 is 17.3. The van der Waals surface area contributed by atoms with Gasteiger partial charge < -0.3 is 4.74 Å². The molecule has 2 nitrogen and oxygen atoms in total. The van der Waals surface area contributed by atoms with Crippen molar-refractivity contribution in [1.29, 1.82) is 0 Å². The van der Waals surface area contributed by atoms with Crippen LogP contribution in [-0.4, -0.2) is 13.1 Å². The molecule has 0 aliphatic rings. The number of thiophene rings is 1. The van der Waals surface area contributed by atoms with E-state index in [1.165, 1.54) is 13.2 Å². The van der Waals surface area contributed by atoms with Crippen LogP contribution in [0.1, 0.15) is 9.67 Å². The summed E-state index contributed by atoms with van der Waals surface area (Å²) in [5.74, 6) is -0.514. The van der Waals surface area contributed by atoms with Crippen molar-refractivity contribution < 1.29 is 13.9 Å². The third-order valence-corrected chi connectivity index (χ3v) is 2.77.